The van der Waals surface area contributed by atoms with Crippen molar-refractivity contribution in [1.82, 2.24) is 5.32 Å². The molecule has 4 aromatic rings. The second-order valence-corrected chi connectivity index (χ2v) is 9.07. The van der Waals surface area contributed by atoms with E-state index in [2.05, 4.69) is 5.32 Å². The highest BCUT2D eigenvalue weighted by molar-refractivity contribution is 7.90. The van der Waals surface area contributed by atoms with E-state index in [1.54, 1.807) is 19.2 Å². The van der Waals surface area contributed by atoms with Crippen molar-refractivity contribution in [3.63, 3.8) is 0 Å². The number of aryl methyl sites for hydroxylation is 1. The number of fused-ring (bicyclic) bond motifs is 1. The molecule has 1 heterocycles. The molecule has 8 heteroatoms. The van der Waals surface area contributed by atoms with E-state index in [4.69, 9.17) is 9.56 Å². The van der Waals surface area contributed by atoms with Crippen LogP contribution in [0.25, 0.3) is 33.4 Å². The molecule has 164 valence electrons. The molecule has 7 nitrogen and oxygen atoms in total. The van der Waals surface area contributed by atoms with Gasteiger partial charge in [-0.3, -0.25) is 9.10 Å². The lowest BCUT2D eigenvalue weighted by atomic mass is 9.98. The zero-order chi connectivity index (χ0) is 23.0. The Morgan fingerprint density at radius 1 is 1.00 bits per heavy atom. The van der Waals surface area contributed by atoms with Crippen molar-refractivity contribution >= 4 is 32.8 Å². The topological polar surface area (TPSA) is 106 Å². The summed E-state index contributed by atoms with van der Waals surface area (Å²) >= 11 is 0. The number of rotatable bonds is 5. The lowest BCUT2D eigenvalue weighted by Crippen LogP contribution is -2.33. The summed E-state index contributed by atoms with van der Waals surface area (Å²) in [6.45, 7) is 1.98. The minimum absolute atomic E-state index is 0.300. The molecule has 32 heavy (non-hydrogen) atoms. The van der Waals surface area contributed by atoms with E-state index in [0.29, 0.717) is 33.5 Å². The van der Waals surface area contributed by atoms with Crippen LogP contribution in [0.3, 0.4) is 0 Å². The summed E-state index contributed by atoms with van der Waals surface area (Å²) in [5.74, 6) is 0.111. The summed E-state index contributed by atoms with van der Waals surface area (Å²) in [5, 5.41) is 8.67. The van der Waals surface area contributed by atoms with Crippen molar-refractivity contribution in [2.75, 3.05) is 18.4 Å². The van der Waals surface area contributed by atoms with Crippen LogP contribution in [-0.2, 0) is 10.2 Å². The smallest absolute Gasteiger partial charge is 0.298 e. The maximum atomic E-state index is 12.9. The molecule has 0 saturated carbocycles. The van der Waals surface area contributed by atoms with Crippen LogP contribution in [0.15, 0.2) is 71.1 Å². The molecule has 3 N–H and O–H groups in total. The molecule has 4 rings (SSSR count). The van der Waals surface area contributed by atoms with Crippen LogP contribution < -0.4 is 14.8 Å². The highest BCUT2D eigenvalue weighted by Gasteiger charge is 2.25. The quantitative estimate of drug-likeness (QED) is 0.479. The molecule has 0 saturated heterocycles. The largest absolute Gasteiger partial charge is 0.455 e. The number of nitrogens with one attached hydrogen (secondary N) is 1. The Morgan fingerprint density at radius 3 is 2.25 bits per heavy atom. The molecule has 0 aliphatic heterocycles. The van der Waals surface area contributed by atoms with Crippen LogP contribution >= 0.6 is 0 Å². The Labute approximate surface area is 186 Å². The molecule has 0 bridgehead atoms. The molecule has 1 amide bonds. The van der Waals surface area contributed by atoms with Crippen LogP contribution in [0.1, 0.15) is 15.9 Å². The summed E-state index contributed by atoms with van der Waals surface area (Å²) in [6, 6.07) is 20.3. The number of hydrogen-bond acceptors (Lipinski definition) is 4. The molecule has 0 atom stereocenters. The molecule has 0 spiro atoms. The van der Waals surface area contributed by atoms with Crippen LogP contribution in [-0.4, -0.2) is 28.4 Å². The normalized spacial score (nSPS) is 11.5. The standard InChI is InChI=1S/C24H23N3O4S/c1-15-9-11-17(12-10-15)23-22(24(28)26-2)19-13-18(16-7-5-4-6-8-16)20(14-21(19)31-23)27(3)32(25,29)30/h4-14H,1-3H3,(H,26,28)(H2,25,29,30). The molecular weight excluding hydrogens is 426 g/mol. The number of nitrogens with two attached hydrogens (primary N) is 1. The average molecular weight is 450 g/mol. The van der Waals surface area contributed by atoms with Crippen molar-refractivity contribution in [2.24, 2.45) is 5.14 Å². The van der Waals surface area contributed by atoms with Crippen molar-refractivity contribution < 1.29 is 17.6 Å². The van der Waals surface area contributed by atoms with Gasteiger partial charge in [0.05, 0.1) is 11.3 Å². The lowest BCUT2D eigenvalue weighted by Gasteiger charge is -2.20. The SMILES string of the molecule is CNC(=O)c1c(-c2ccc(C)cc2)oc2cc(N(C)S(N)(=O)=O)c(-c3ccccc3)cc12. The van der Waals surface area contributed by atoms with E-state index in [-0.39, 0.29) is 5.91 Å². The van der Waals surface area contributed by atoms with Gasteiger partial charge in [-0.15, -0.1) is 0 Å². The van der Waals surface area contributed by atoms with Gasteiger partial charge in [0.1, 0.15) is 11.3 Å². The number of carbonyl (C=O) groups is 1. The first-order valence-corrected chi connectivity index (χ1v) is 11.4. The zero-order valence-corrected chi connectivity index (χ0v) is 18.7. The molecule has 0 aliphatic rings. The number of anilines is 1. The molecule has 0 fully saturated rings. The van der Waals surface area contributed by atoms with E-state index in [1.807, 2.05) is 61.5 Å². The van der Waals surface area contributed by atoms with Gasteiger partial charge in [0.2, 0.25) is 0 Å². The van der Waals surface area contributed by atoms with E-state index in [0.717, 1.165) is 21.0 Å². The fourth-order valence-corrected chi connectivity index (χ4v) is 4.06. The van der Waals surface area contributed by atoms with E-state index in [1.165, 1.54) is 7.05 Å². The second kappa shape index (κ2) is 8.14. The van der Waals surface area contributed by atoms with E-state index >= 15 is 0 Å². The summed E-state index contributed by atoms with van der Waals surface area (Å²) in [7, 11) is -1.09. The maximum absolute atomic E-state index is 12.9. The number of hydrogen-bond donors (Lipinski definition) is 2. The first-order chi connectivity index (χ1) is 15.2. The first kappa shape index (κ1) is 21.6. The Kier molecular flexibility index (Phi) is 5.50. The minimum atomic E-state index is -4.02. The van der Waals surface area contributed by atoms with Crippen molar-refractivity contribution in [3.05, 3.63) is 77.9 Å². The van der Waals surface area contributed by atoms with Gasteiger partial charge in [0.15, 0.2) is 0 Å². The minimum Gasteiger partial charge on any atom is -0.455 e. The fraction of sp³-hybridized carbons (Fsp3) is 0.125. The summed E-state index contributed by atoms with van der Waals surface area (Å²) in [5.41, 5.74) is 4.32. The predicted octanol–water partition coefficient (Wildman–Crippen LogP) is 4.07. The van der Waals surface area contributed by atoms with Crippen LogP contribution in [0, 0.1) is 6.92 Å². The Bertz CT molecular complexity index is 1410. The number of benzene rings is 3. The highest BCUT2D eigenvalue weighted by atomic mass is 32.2. The predicted molar refractivity (Wildman–Crippen MR) is 127 cm³/mol. The van der Waals surface area contributed by atoms with Crippen LogP contribution in [0.4, 0.5) is 5.69 Å². The van der Waals surface area contributed by atoms with Gasteiger partial charge in [0.25, 0.3) is 16.1 Å². The third kappa shape index (κ3) is 3.86. The van der Waals surface area contributed by atoms with Gasteiger partial charge in [-0.25, -0.2) is 5.14 Å². The second-order valence-electron chi connectivity index (χ2n) is 7.50. The van der Waals surface area contributed by atoms with Gasteiger partial charge in [0, 0.05) is 36.7 Å². The first-order valence-electron chi connectivity index (χ1n) is 9.92. The van der Waals surface area contributed by atoms with E-state index < -0.39 is 10.2 Å². The number of nitrogens with zero attached hydrogens (tertiary/aromatic N) is 1. The average Bonchev–Trinajstić information content (AvgIpc) is 3.16. The van der Waals surface area contributed by atoms with Gasteiger partial charge in [-0.2, -0.15) is 8.42 Å². The van der Waals surface area contributed by atoms with Crippen molar-refractivity contribution in [2.45, 2.75) is 6.92 Å². The molecule has 3 aromatic carbocycles. The third-order valence-electron chi connectivity index (χ3n) is 5.38. The lowest BCUT2D eigenvalue weighted by molar-refractivity contribution is 0.0964. The molecule has 0 radical (unpaired) electrons. The maximum Gasteiger partial charge on any atom is 0.298 e. The van der Waals surface area contributed by atoms with E-state index in [9.17, 15) is 13.2 Å². The van der Waals surface area contributed by atoms with Crippen molar-refractivity contribution in [3.8, 4) is 22.5 Å². The van der Waals surface area contributed by atoms with Gasteiger partial charge >= 0.3 is 0 Å². The number of carbonyl (C=O) groups excluding carboxylic acids is 1. The highest BCUT2D eigenvalue weighted by Crippen LogP contribution is 2.41. The summed E-state index contributed by atoms with van der Waals surface area (Å²) < 4.78 is 31.4. The molecule has 0 aliphatic carbocycles. The van der Waals surface area contributed by atoms with Gasteiger partial charge in [-0.1, -0.05) is 60.2 Å². The summed E-state index contributed by atoms with van der Waals surface area (Å²) in [6.07, 6.45) is 0. The van der Waals surface area contributed by atoms with Crippen LogP contribution in [0.5, 0.6) is 0 Å². The number of furan rings is 1. The Morgan fingerprint density at radius 2 is 1.66 bits per heavy atom. The summed E-state index contributed by atoms with van der Waals surface area (Å²) in [4.78, 5) is 12.9. The molecule has 0 unspecified atom stereocenters. The molecule has 1 aromatic heterocycles. The zero-order valence-electron chi connectivity index (χ0n) is 17.9. The Balaban J connectivity index is 2.08. The van der Waals surface area contributed by atoms with Crippen LogP contribution in [0.2, 0.25) is 0 Å². The Hall–Kier alpha value is -3.62. The van der Waals surface area contributed by atoms with Crippen molar-refractivity contribution in [1.29, 1.82) is 0 Å². The monoisotopic (exact) mass is 449 g/mol. The van der Waals surface area contributed by atoms with Gasteiger partial charge in [-0.05, 0) is 18.6 Å². The third-order valence-corrected chi connectivity index (χ3v) is 6.34. The molecular formula is C24H23N3O4S. The fourth-order valence-electron chi connectivity index (χ4n) is 3.64. The number of amides is 1. The van der Waals surface area contributed by atoms with Gasteiger partial charge < -0.3 is 9.73 Å².